The molecule has 0 aromatic heterocycles. The van der Waals surface area contributed by atoms with Gasteiger partial charge in [0.25, 0.3) is 0 Å². The first-order chi connectivity index (χ1) is 10.2. The predicted molar refractivity (Wildman–Crippen MR) is 78.9 cm³/mol. The largest absolute Gasteiger partial charge is 0.384 e. The van der Waals surface area contributed by atoms with Crippen LogP contribution in [0.25, 0.3) is 0 Å². The number of hydrogen-bond acceptors (Lipinski definition) is 3. The van der Waals surface area contributed by atoms with Crippen LogP contribution in [0.5, 0.6) is 0 Å². The van der Waals surface area contributed by atoms with Gasteiger partial charge < -0.3 is 15.0 Å². The highest BCUT2D eigenvalue weighted by Crippen LogP contribution is 2.37. The van der Waals surface area contributed by atoms with E-state index in [0.29, 0.717) is 13.2 Å². The quantitative estimate of drug-likeness (QED) is 0.922. The molecule has 114 valence electrons. The summed E-state index contributed by atoms with van der Waals surface area (Å²) in [5, 5.41) is 3.29. The summed E-state index contributed by atoms with van der Waals surface area (Å²) in [6.45, 7) is 2.70. The van der Waals surface area contributed by atoms with E-state index in [2.05, 4.69) is 5.32 Å². The molecule has 0 radical (unpaired) electrons. The maximum atomic E-state index is 13.5. The second-order valence-corrected chi connectivity index (χ2v) is 5.94. The van der Waals surface area contributed by atoms with Crippen molar-refractivity contribution < 1.29 is 13.9 Å². The van der Waals surface area contributed by atoms with Gasteiger partial charge in [0.05, 0.1) is 12.0 Å². The van der Waals surface area contributed by atoms with Crippen molar-refractivity contribution in [1.29, 1.82) is 0 Å². The number of amides is 1. The van der Waals surface area contributed by atoms with Crippen LogP contribution in [0.4, 0.5) is 10.1 Å². The van der Waals surface area contributed by atoms with Gasteiger partial charge in [0, 0.05) is 19.3 Å². The number of piperidine rings is 1. The standard InChI is InChI=1S/C16H21FN2O2/c1-21-11-16(5-7-18-8-6-16)15(20)19-9-4-12-2-3-13(17)10-14(12)19/h2-3,10,18H,4-9,11H2,1H3. The zero-order valence-corrected chi connectivity index (χ0v) is 12.3. The second kappa shape index (κ2) is 5.73. The first-order valence-corrected chi connectivity index (χ1v) is 7.46. The molecular weight excluding hydrogens is 271 g/mol. The predicted octanol–water partition coefficient (Wildman–Crippen LogP) is 1.73. The van der Waals surface area contributed by atoms with E-state index >= 15 is 0 Å². The number of nitrogens with zero attached hydrogens (tertiary/aromatic N) is 1. The number of anilines is 1. The molecule has 0 unspecified atom stereocenters. The Kier molecular flexibility index (Phi) is 3.95. The van der Waals surface area contributed by atoms with Crippen molar-refractivity contribution in [2.45, 2.75) is 19.3 Å². The van der Waals surface area contributed by atoms with E-state index in [0.717, 1.165) is 43.6 Å². The summed E-state index contributed by atoms with van der Waals surface area (Å²) >= 11 is 0. The van der Waals surface area contributed by atoms with Gasteiger partial charge in [-0.1, -0.05) is 6.07 Å². The topological polar surface area (TPSA) is 41.6 Å². The molecule has 1 amide bonds. The lowest BCUT2D eigenvalue weighted by Crippen LogP contribution is -2.51. The summed E-state index contributed by atoms with van der Waals surface area (Å²) in [5.41, 5.74) is 1.30. The lowest BCUT2D eigenvalue weighted by Gasteiger charge is -2.38. The molecule has 2 aliphatic heterocycles. The zero-order chi connectivity index (χ0) is 14.9. The number of rotatable bonds is 3. The third-order valence-corrected chi connectivity index (χ3v) is 4.62. The van der Waals surface area contributed by atoms with E-state index in [4.69, 9.17) is 4.74 Å². The number of nitrogens with one attached hydrogen (secondary N) is 1. The van der Waals surface area contributed by atoms with E-state index in [1.807, 2.05) is 0 Å². The molecule has 0 spiro atoms. The highest BCUT2D eigenvalue weighted by Gasteiger charge is 2.44. The normalized spacial score (nSPS) is 20.4. The molecule has 1 fully saturated rings. The van der Waals surface area contributed by atoms with Crippen molar-refractivity contribution in [3.63, 3.8) is 0 Å². The first-order valence-electron chi connectivity index (χ1n) is 7.46. The van der Waals surface area contributed by atoms with Gasteiger partial charge in [-0.15, -0.1) is 0 Å². The molecule has 0 aliphatic carbocycles. The third-order valence-electron chi connectivity index (χ3n) is 4.62. The van der Waals surface area contributed by atoms with E-state index < -0.39 is 5.41 Å². The van der Waals surface area contributed by atoms with Gasteiger partial charge in [-0.25, -0.2) is 4.39 Å². The van der Waals surface area contributed by atoms with Crippen LogP contribution in [0, 0.1) is 11.2 Å². The summed E-state index contributed by atoms with van der Waals surface area (Å²) in [6.07, 6.45) is 2.32. The van der Waals surface area contributed by atoms with Gasteiger partial charge in [-0.05, 0) is 50.0 Å². The molecule has 5 heteroatoms. The van der Waals surface area contributed by atoms with Crippen LogP contribution in [-0.4, -0.2) is 39.3 Å². The maximum absolute atomic E-state index is 13.5. The molecule has 0 saturated carbocycles. The molecule has 1 N–H and O–H groups in total. The summed E-state index contributed by atoms with van der Waals surface area (Å²) in [7, 11) is 1.63. The van der Waals surface area contributed by atoms with Crippen molar-refractivity contribution in [3.05, 3.63) is 29.6 Å². The number of halogens is 1. The average Bonchev–Trinajstić information content (AvgIpc) is 2.90. The minimum atomic E-state index is -0.478. The maximum Gasteiger partial charge on any atom is 0.235 e. The lowest BCUT2D eigenvalue weighted by molar-refractivity contribution is -0.133. The van der Waals surface area contributed by atoms with Crippen molar-refractivity contribution >= 4 is 11.6 Å². The Morgan fingerprint density at radius 3 is 2.90 bits per heavy atom. The fourth-order valence-electron chi connectivity index (χ4n) is 3.45. The fraction of sp³-hybridized carbons (Fsp3) is 0.562. The first kappa shape index (κ1) is 14.5. The van der Waals surface area contributed by atoms with Gasteiger partial charge in [-0.2, -0.15) is 0 Å². The number of carbonyl (C=O) groups is 1. The van der Waals surface area contributed by atoms with Crippen LogP contribution >= 0.6 is 0 Å². The summed E-state index contributed by atoms with van der Waals surface area (Å²) in [6, 6.07) is 4.72. The fourth-order valence-corrected chi connectivity index (χ4v) is 3.45. The molecule has 1 aromatic carbocycles. The van der Waals surface area contributed by atoms with Crippen LogP contribution in [0.2, 0.25) is 0 Å². The van der Waals surface area contributed by atoms with Crippen molar-refractivity contribution in [2.75, 3.05) is 38.3 Å². The molecule has 21 heavy (non-hydrogen) atoms. The molecule has 3 rings (SSSR count). The molecule has 1 aromatic rings. The molecule has 0 bridgehead atoms. The highest BCUT2D eigenvalue weighted by atomic mass is 19.1. The molecule has 2 aliphatic rings. The Bertz CT molecular complexity index is 536. The smallest absolute Gasteiger partial charge is 0.235 e. The monoisotopic (exact) mass is 292 g/mol. The van der Waals surface area contributed by atoms with Crippen LogP contribution in [0.1, 0.15) is 18.4 Å². The minimum absolute atomic E-state index is 0.0789. The Balaban J connectivity index is 1.90. The van der Waals surface area contributed by atoms with Gasteiger partial charge in [0.15, 0.2) is 0 Å². The number of fused-ring (bicyclic) bond motifs is 1. The van der Waals surface area contributed by atoms with Gasteiger partial charge in [0.2, 0.25) is 5.91 Å². The number of benzene rings is 1. The van der Waals surface area contributed by atoms with Crippen LogP contribution in [0.3, 0.4) is 0 Å². The summed E-state index contributed by atoms with van der Waals surface area (Å²) in [5.74, 6) is -0.213. The van der Waals surface area contributed by atoms with Crippen molar-refractivity contribution in [1.82, 2.24) is 5.32 Å². The Hall–Kier alpha value is -1.46. The molecule has 4 nitrogen and oxygen atoms in total. The molecule has 1 saturated heterocycles. The molecular formula is C16H21FN2O2. The Morgan fingerprint density at radius 1 is 1.43 bits per heavy atom. The van der Waals surface area contributed by atoms with E-state index in [-0.39, 0.29) is 11.7 Å². The Labute approximate surface area is 124 Å². The number of ether oxygens (including phenoxy) is 1. The van der Waals surface area contributed by atoms with Gasteiger partial charge >= 0.3 is 0 Å². The number of carbonyl (C=O) groups excluding carboxylic acids is 1. The molecule has 2 heterocycles. The van der Waals surface area contributed by atoms with Crippen molar-refractivity contribution in [2.24, 2.45) is 5.41 Å². The second-order valence-electron chi connectivity index (χ2n) is 5.94. The van der Waals surface area contributed by atoms with Crippen LogP contribution in [-0.2, 0) is 16.0 Å². The zero-order valence-electron chi connectivity index (χ0n) is 12.3. The summed E-state index contributed by atoms with van der Waals surface area (Å²) < 4.78 is 18.8. The average molecular weight is 292 g/mol. The van der Waals surface area contributed by atoms with Crippen LogP contribution < -0.4 is 10.2 Å². The Morgan fingerprint density at radius 2 is 2.19 bits per heavy atom. The van der Waals surface area contributed by atoms with E-state index in [1.165, 1.54) is 12.1 Å². The minimum Gasteiger partial charge on any atom is -0.384 e. The molecule has 0 atom stereocenters. The van der Waals surface area contributed by atoms with Gasteiger partial charge in [-0.3, -0.25) is 4.79 Å². The van der Waals surface area contributed by atoms with Gasteiger partial charge in [0.1, 0.15) is 5.82 Å². The number of hydrogen-bond donors (Lipinski definition) is 1. The van der Waals surface area contributed by atoms with Crippen molar-refractivity contribution in [3.8, 4) is 0 Å². The van der Waals surface area contributed by atoms with E-state index in [9.17, 15) is 9.18 Å². The number of methoxy groups -OCH3 is 1. The summed E-state index contributed by atoms with van der Waals surface area (Å²) in [4.78, 5) is 14.8. The lowest BCUT2D eigenvalue weighted by atomic mass is 9.78. The van der Waals surface area contributed by atoms with Crippen LogP contribution in [0.15, 0.2) is 18.2 Å². The van der Waals surface area contributed by atoms with E-state index in [1.54, 1.807) is 18.1 Å². The highest BCUT2D eigenvalue weighted by molar-refractivity contribution is 5.99. The third kappa shape index (κ3) is 2.56. The SMILES string of the molecule is COCC1(C(=O)N2CCc3ccc(F)cc32)CCNCC1.